The van der Waals surface area contributed by atoms with E-state index in [1.165, 1.54) is 23.5 Å². The fourth-order valence-corrected chi connectivity index (χ4v) is 4.13. The van der Waals surface area contributed by atoms with E-state index in [0.29, 0.717) is 0 Å². The van der Waals surface area contributed by atoms with Crippen LogP contribution in [0.25, 0.3) is 0 Å². The van der Waals surface area contributed by atoms with Gasteiger partial charge in [-0.25, -0.2) is 13.2 Å². The molecule has 21 heavy (non-hydrogen) atoms. The van der Waals surface area contributed by atoms with Crippen LogP contribution in [0.4, 0.5) is 0 Å². The Balaban J connectivity index is 3.34. The van der Waals surface area contributed by atoms with Crippen LogP contribution in [-0.2, 0) is 14.8 Å². The van der Waals surface area contributed by atoms with Crippen LogP contribution in [0.15, 0.2) is 23.1 Å². The van der Waals surface area contributed by atoms with Crippen molar-refractivity contribution in [1.82, 2.24) is 4.31 Å². The van der Waals surface area contributed by atoms with E-state index in [-0.39, 0.29) is 28.6 Å². The van der Waals surface area contributed by atoms with Gasteiger partial charge >= 0.3 is 5.97 Å². The van der Waals surface area contributed by atoms with Crippen molar-refractivity contribution < 1.29 is 23.1 Å². The summed E-state index contributed by atoms with van der Waals surface area (Å²) in [6.45, 7) is 3.85. The number of ether oxygens (including phenoxy) is 1. The van der Waals surface area contributed by atoms with Crippen LogP contribution in [0.1, 0.15) is 24.2 Å². The van der Waals surface area contributed by atoms with E-state index in [2.05, 4.69) is 0 Å². The van der Waals surface area contributed by atoms with E-state index >= 15 is 0 Å². The van der Waals surface area contributed by atoms with Crippen LogP contribution in [0.5, 0.6) is 0 Å². The smallest absolute Gasteiger partial charge is 0.335 e. The van der Waals surface area contributed by atoms with E-state index in [4.69, 9.17) is 21.4 Å². The van der Waals surface area contributed by atoms with Crippen molar-refractivity contribution in [1.29, 1.82) is 0 Å². The summed E-state index contributed by atoms with van der Waals surface area (Å²) in [5, 5.41) is 8.97. The number of likely N-dealkylation sites (N-methyl/N-ethyl adjacent to an activating group) is 1. The summed E-state index contributed by atoms with van der Waals surface area (Å²) in [5.74, 6) is -1.21. The normalized spacial score (nSPS) is 13.4. The summed E-state index contributed by atoms with van der Waals surface area (Å²) in [6.07, 6.45) is 0. The number of carboxylic acids is 1. The molecule has 0 heterocycles. The summed E-state index contributed by atoms with van der Waals surface area (Å²) in [4.78, 5) is 10.8. The Morgan fingerprint density at radius 1 is 1.48 bits per heavy atom. The average molecular weight is 336 g/mol. The van der Waals surface area contributed by atoms with Crippen molar-refractivity contribution in [2.75, 3.05) is 20.3 Å². The van der Waals surface area contributed by atoms with Gasteiger partial charge in [-0.1, -0.05) is 18.5 Å². The molecule has 0 saturated heterocycles. The van der Waals surface area contributed by atoms with Crippen LogP contribution >= 0.6 is 11.6 Å². The van der Waals surface area contributed by atoms with Gasteiger partial charge < -0.3 is 9.84 Å². The highest BCUT2D eigenvalue weighted by atomic mass is 35.5. The van der Waals surface area contributed by atoms with Crippen molar-refractivity contribution >= 4 is 27.6 Å². The molecule has 1 unspecified atom stereocenters. The first-order chi connectivity index (χ1) is 9.75. The topological polar surface area (TPSA) is 83.9 Å². The predicted molar refractivity (Wildman–Crippen MR) is 79.3 cm³/mol. The summed E-state index contributed by atoms with van der Waals surface area (Å²) < 4.78 is 31.5. The van der Waals surface area contributed by atoms with E-state index in [0.717, 1.165) is 6.07 Å². The number of sulfonamides is 1. The number of carbonyl (C=O) groups is 1. The fourth-order valence-electron chi connectivity index (χ4n) is 2.00. The largest absolute Gasteiger partial charge is 0.478 e. The minimum Gasteiger partial charge on any atom is -0.478 e. The van der Waals surface area contributed by atoms with Crippen molar-refractivity contribution in [3.63, 3.8) is 0 Å². The second kappa shape index (κ2) is 7.22. The summed E-state index contributed by atoms with van der Waals surface area (Å²) in [5.41, 5.74) is -0.131. The first kappa shape index (κ1) is 17.9. The van der Waals surface area contributed by atoms with Gasteiger partial charge in [0.1, 0.15) is 4.90 Å². The first-order valence-electron chi connectivity index (χ1n) is 6.29. The number of nitrogens with zero attached hydrogens (tertiary/aromatic N) is 1. The third-order valence-electron chi connectivity index (χ3n) is 2.98. The Morgan fingerprint density at radius 3 is 2.57 bits per heavy atom. The molecule has 0 fully saturated rings. The van der Waals surface area contributed by atoms with Gasteiger partial charge in [-0.15, -0.1) is 0 Å². The van der Waals surface area contributed by atoms with Crippen LogP contribution < -0.4 is 0 Å². The van der Waals surface area contributed by atoms with Gasteiger partial charge in [0.2, 0.25) is 10.0 Å². The minimum absolute atomic E-state index is 0.0110. The molecule has 1 rings (SSSR count). The lowest BCUT2D eigenvalue weighted by Crippen LogP contribution is -2.41. The average Bonchev–Trinajstić information content (AvgIpc) is 2.39. The van der Waals surface area contributed by atoms with E-state index < -0.39 is 22.0 Å². The monoisotopic (exact) mass is 335 g/mol. The predicted octanol–water partition coefficient (Wildman–Crippen LogP) is 2.08. The lowest BCUT2D eigenvalue weighted by Gasteiger charge is -2.27. The Labute approximate surface area is 129 Å². The van der Waals surface area contributed by atoms with Crippen molar-refractivity contribution in [3.8, 4) is 0 Å². The number of benzene rings is 1. The maximum absolute atomic E-state index is 12.7. The molecule has 1 aromatic carbocycles. The van der Waals surface area contributed by atoms with E-state index in [1.807, 2.05) is 0 Å². The van der Waals surface area contributed by atoms with Crippen molar-refractivity contribution in [3.05, 3.63) is 28.8 Å². The van der Waals surface area contributed by atoms with Gasteiger partial charge in [-0.05, 0) is 25.1 Å². The lowest BCUT2D eigenvalue weighted by atomic mass is 10.2. The molecule has 8 heteroatoms. The van der Waals surface area contributed by atoms with Gasteiger partial charge in [-0.3, -0.25) is 0 Å². The van der Waals surface area contributed by atoms with Gasteiger partial charge in [0, 0.05) is 19.7 Å². The van der Waals surface area contributed by atoms with Gasteiger partial charge in [0.25, 0.3) is 0 Å². The maximum Gasteiger partial charge on any atom is 0.335 e. The molecule has 0 spiro atoms. The number of hydrogen-bond acceptors (Lipinski definition) is 4. The van der Waals surface area contributed by atoms with Crippen LogP contribution in [0.3, 0.4) is 0 Å². The molecular weight excluding hydrogens is 318 g/mol. The SMILES string of the molecule is CCN(C(C)COC)S(=O)(=O)c1cc(C(=O)O)ccc1Cl. The molecule has 1 atom stereocenters. The molecule has 0 amide bonds. The molecule has 0 aliphatic rings. The van der Waals surface area contributed by atoms with Gasteiger partial charge in [-0.2, -0.15) is 4.31 Å². The Bertz CT molecular complexity index is 617. The molecule has 0 aromatic heterocycles. The van der Waals surface area contributed by atoms with Crippen molar-refractivity contribution in [2.45, 2.75) is 24.8 Å². The Morgan fingerprint density at radius 2 is 2.10 bits per heavy atom. The van der Waals surface area contributed by atoms with Gasteiger partial charge in [0.05, 0.1) is 17.2 Å². The number of carboxylic acid groups (broad SMARTS) is 1. The number of aromatic carboxylic acids is 1. The molecular formula is C13H18ClNO5S. The first-order valence-corrected chi connectivity index (χ1v) is 8.11. The standard InChI is InChI=1S/C13H18ClNO5S/c1-4-15(9(2)8-20-3)21(18,19)12-7-10(13(16)17)5-6-11(12)14/h5-7,9H,4,8H2,1-3H3,(H,16,17). The van der Waals surface area contributed by atoms with Crippen LogP contribution in [0.2, 0.25) is 5.02 Å². The highest BCUT2D eigenvalue weighted by Crippen LogP contribution is 2.27. The molecule has 0 aliphatic carbocycles. The minimum atomic E-state index is -3.90. The number of rotatable bonds is 7. The number of methoxy groups -OCH3 is 1. The van der Waals surface area contributed by atoms with Crippen molar-refractivity contribution in [2.24, 2.45) is 0 Å². The fraction of sp³-hybridized carbons (Fsp3) is 0.462. The summed E-state index contributed by atoms with van der Waals surface area (Å²) in [6, 6.07) is 3.21. The molecule has 0 saturated carbocycles. The number of halogens is 1. The second-order valence-corrected chi connectivity index (χ2v) is 6.73. The molecule has 1 aromatic rings. The molecule has 1 N–H and O–H groups in total. The molecule has 0 radical (unpaired) electrons. The van der Waals surface area contributed by atoms with Crippen LogP contribution in [-0.4, -0.2) is 50.1 Å². The molecule has 0 bridgehead atoms. The van der Waals surface area contributed by atoms with E-state index in [1.54, 1.807) is 13.8 Å². The third-order valence-corrected chi connectivity index (χ3v) is 5.55. The Hall–Kier alpha value is -1.15. The van der Waals surface area contributed by atoms with E-state index in [9.17, 15) is 13.2 Å². The summed E-state index contributed by atoms with van der Waals surface area (Å²) >= 11 is 5.94. The zero-order valence-corrected chi connectivity index (χ0v) is 13.6. The highest BCUT2D eigenvalue weighted by Gasteiger charge is 2.30. The maximum atomic E-state index is 12.7. The molecule has 0 aliphatic heterocycles. The zero-order valence-electron chi connectivity index (χ0n) is 12.0. The molecule has 118 valence electrons. The number of hydrogen-bond donors (Lipinski definition) is 1. The summed E-state index contributed by atoms with van der Waals surface area (Å²) in [7, 11) is -2.42. The second-order valence-electron chi connectivity index (χ2n) is 4.46. The molecule has 6 nitrogen and oxygen atoms in total. The highest BCUT2D eigenvalue weighted by molar-refractivity contribution is 7.89. The van der Waals surface area contributed by atoms with Gasteiger partial charge in [0.15, 0.2) is 0 Å². The third kappa shape index (κ3) is 3.94. The Kier molecular flexibility index (Phi) is 6.15. The van der Waals surface area contributed by atoms with Crippen LogP contribution in [0, 0.1) is 0 Å². The quantitative estimate of drug-likeness (QED) is 0.824. The zero-order chi connectivity index (χ0) is 16.2. The lowest BCUT2D eigenvalue weighted by molar-refractivity contribution is 0.0696.